The lowest BCUT2D eigenvalue weighted by molar-refractivity contribution is -0.129. The van der Waals surface area contributed by atoms with Crippen LogP contribution >= 0.6 is 0 Å². The second-order valence-electron chi connectivity index (χ2n) is 10.2. The Morgan fingerprint density at radius 2 is 1.87 bits per heavy atom. The third-order valence-corrected chi connectivity index (χ3v) is 7.73. The van der Waals surface area contributed by atoms with E-state index in [0.29, 0.717) is 37.7 Å². The van der Waals surface area contributed by atoms with Crippen LogP contribution in [0.5, 0.6) is 11.5 Å². The molecule has 0 saturated carbocycles. The zero-order chi connectivity index (χ0) is 26.6. The minimum absolute atomic E-state index is 0.0117. The number of fused-ring (bicyclic) bond motifs is 1. The van der Waals surface area contributed by atoms with Gasteiger partial charge in [-0.2, -0.15) is 0 Å². The molecule has 202 valence electrons. The molecular formula is C30H38N4O4. The van der Waals surface area contributed by atoms with E-state index >= 15 is 0 Å². The van der Waals surface area contributed by atoms with Crippen molar-refractivity contribution in [1.82, 2.24) is 14.4 Å². The van der Waals surface area contributed by atoms with Crippen LogP contribution in [0.1, 0.15) is 50.6 Å². The number of urea groups is 1. The topological polar surface area (TPSA) is 67.2 Å². The number of benzene rings is 2. The zero-order valence-electron chi connectivity index (χ0n) is 22.7. The lowest BCUT2D eigenvalue weighted by atomic mass is 10.1. The highest BCUT2D eigenvalue weighted by Gasteiger charge is 2.32. The predicted octanol–water partition coefficient (Wildman–Crippen LogP) is 5.45. The van der Waals surface area contributed by atoms with E-state index in [1.165, 1.54) is 0 Å². The minimum Gasteiger partial charge on any atom is -0.493 e. The molecule has 2 aromatic carbocycles. The molecule has 8 nitrogen and oxygen atoms in total. The molecule has 2 aliphatic heterocycles. The summed E-state index contributed by atoms with van der Waals surface area (Å²) in [6.45, 7) is 5.45. The van der Waals surface area contributed by atoms with Gasteiger partial charge in [-0.15, -0.1) is 0 Å². The van der Waals surface area contributed by atoms with Gasteiger partial charge in [-0.05, 0) is 49.1 Å². The van der Waals surface area contributed by atoms with Gasteiger partial charge in [-0.3, -0.25) is 9.69 Å². The fourth-order valence-corrected chi connectivity index (χ4v) is 5.58. The maximum atomic E-state index is 13.6. The van der Waals surface area contributed by atoms with Crippen molar-refractivity contribution in [2.45, 2.75) is 51.6 Å². The molecule has 2 fully saturated rings. The van der Waals surface area contributed by atoms with Crippen LogP contribution < -0.4 is 14.4 Å². The first-order valence-electron chi connectivity index (χ1n) is 13.7. The molecule has 1 atom stereocenters. The highest BCUT2D eigenvalue weighted by atomic mass is 16.5. The number of nitrogens with zero attached hydrogens (tertiary/aromatic N) is 4. The molecule has 2 saturated heterocycles. The van der Waals surface area contributed by atoms with Crippen LogP contribution in [0.4, 0.5) is 10.5 Å². The third-order valence-electron chi connectivity index (χ3n) is 7.73. The number of carbonyl (C=O) groups excluding carboxylic acids is 2. The van der Waals surface area contributed by atoms with Gasteiger partial charge < -0.3 is 23.8 Å². The molecule has 0 radical (unpaired) electrons. The van der Waals surface area contributed by atoms with Gasteiger partial charge in [0.05, 0.1) is 13.7 Å². The molecular weight excluding hydrogens is 480 g/mol. The lowest BCUT2D eigenvalue weighted by Gasteiger charge is -2.36. The number of carbonyl (C=O) groups is 2. The molecule has 8 heteroatoms. The van der Waals surface area contributed by atoms with Crippen molar-refractivity contribution < 1.29 is 19.1 Å². The Kier molecular flexibility index (Phi) is 7.77. The van der Waals surface area contributed by atoms with E-state index in [1.54, 1.807) is 12.0 Å². The van der Waals surface area contributed by atoms with Crippen molar-refractivity contribution in [2.75, 3.05) is 45.3 Å². The van der Waals surface area contributed by atoms with Crippen LogP contribution in [0.15, 0.2) is 48.7 Å². The molecule has 5 rings (SSSR count). The van der Waals surface area contributed by atoms with Crippen molar-refractivity contribution in [3.05, 3.63) is 54.2 Å². The average Bonchev–Trinajstić information content (AvgIpc) is 3.51. The number of anilines is 1. The Bertz CT molecular complexity index is 1300. The number of rotatable bonds is 10. The largest absolute Gasteiger partial charge is 0.493 e. The number of amides is 3. The van der Waals surface area contributed by atoms with Crippen LogP contribution in [0.2, 0.25) is 0 Å². The van der Waals surface area contributed by atoms with Gasteiger partial charge in [-0.1, -0.05) is 31.9 Å². The summed E-state index contributed by atoms with van der Waals surface area (Å²) in [5.74, 6) is 1.50. The Morgan fingerprint density at radius 1 is 1.00 bits per heavy atom. The molecule has 0 spiro atoms. The average molecular weight is 519 g/mol. The molecule has 3 aromatic rings. The molecule has 3 amide bonds. The summed E-state index contributed by atoms with van der Waals surface area (Å²) >= 11 is 0. The van der Waals surface area contributed by atoms with Crippen molar-refractivity contribution in [3.63, 3.8) is 0 Å². The highest BCUT2D eigenvalue weighted by Crippen LogP contribution is 2.34. The number of likely N-dealkylation sites (tertiary alicyclic amines) is 1. The van der Waals surface area contributed by atoms with Crippen molar-refractivity contribution >= 4 is 28.5 Å². The number of likely N-dealkylation sites (N-methyl/N-ethyl adjacent to an activating group) is 1. The van der Waals surface area contributed by atoms with E-state index in [2.05, 4.69) is 29.7 Å². The molecule has 38 heavy (non-hydrogen) atoms. The maximum absolute atomic E-state index is 13.6. The van der Waals surface area contributed by atoms with Crippen LogP contribution in [0.3, 0.4) is 0 Å². The number of aromatic nitrogens is 1. The number of methoxy groups -OCH3 is 1. The van der Waals surface area contributed by atoms with E-state index < -0.39 is 0 Å². The Balaban J connectivity index is 1.34. The quantitative estimate of drug-likeness (QED) is 0.335. The predicted molar refractivity (Wildman–Crippen MR) is 149 cm³/mol. The fraction of sp³-hybridized carbons (Fsp3) is 0.467. The molecule has 0 aliphatic carbocycles. The number of hydrogen-bond donors (Lipinski definition) is 0. The second kappa shape index (κ2) is 11.4. The van der Waals surface area contributed by atoms with Gasteiger partial charge in [0.2, 0.25) is 5.91 Å². The molecule has 1 aromatic heterocycles. The van der Waals surface area contributed by atoms with Crippen LogP contribution in [-0.4, -0.2) is 66.7 Å². The van der Waals surface area contributed by atoms with Crippen molar-refractivity contribution in [1.29, 1.82) is 0 Å². The van der Waals surface area contributed by atoms with Gasteiger partial charge >= 0.3 is 6.03 Å². The number of unbranched alkanes of at least 4 members (excludes halogenated alkanes) is 2. The lowest BCUT2D eigenvalue weighted by Crippen LogP contribution is -2.49. The smallest absolute Gasteiger partial charge is 0.324 e. The molecule has 0 bridgehead atoms. The summed E-state index contributed by atoms with van der Waals surface area (Å²) in [5, 5.41) is 1.09. The second-order valence-corrected chi connectivity index (χ2v) is 10.2. The van der Waals surface area contributed by atoms with E-state index in [9.17, 15) is 9.59 Å². The third kappa shape index (κ3) is 5.04. The summed E-state index contributed by atoms with van der Waals surface area (Å²) in [5.41, 5.74) is 2.95. The van der Waals surface area contributed by atoms with E-state index in [-0.39, 0.29) is 18.0 Å². The van der Waals surface area contributed by atoms with Gasteiger partial charge in [0.1, 0.15) is 6.04 Å². The molecule has 1 unspecified atom stereocenters. The van der Waals surface area contributed by atoms with E-state index in [0.717, 1.165) is 60.8 Å². The van der Waals surface area contributed by atoms with E-state index in [4.69, 9.17) is 9.47 Å². The summed E-state index contributed by atoms with van der Waals surface area (Å²) in [4.78, 5) is 31.8. The zero-order valence-corrected chi connectivity index (χ0v) is 22.7. The maximum Gasteiger partial charge on any atom is 0.324 e. The number of hydrogen-bond acceptors (Lipinski definition) is 4. The first-order chi connectivity index (χ1) is 18.5. The molecule has 2 aliphatic rings. The Labute approximate surface area is 224 Å². The highest BCUT2D eigenvalue weighted by molar-refractivity contribution is 5.94. The van der Waals surface area contributed by atoms with Crippen LogP contribution in [0, 0.1) is 0 Å². The summed E-state index contributed by atoms with van der Waals surface area (Å²) < 4.78 is 13.6. The van der Waals surface area contributed by atoms with Crippen molar-refractivity contribution in [2.24, 2.45) is 0 Å². The van der Waals surface area contributed by atoms with Crippen LogP contribution in [0.25, 0.3) is 10.9 Å². The van der Waals surface area contributed by atoms with Crippen molar-refractivity contribution in [3.8, 4) is 11.5 Å². The minimum atomic E-state index is -0.159. The molecule has 3 heterocycles. The first-order valence-corrected chi connectivity index (χ1v) is 13.7. The SMILES string of the molecule is CCCCCOc1cc(N2CCCN(Cc3cccc4c3ccn4C3CCN(C)C3=O)C2=O)ccc1OC. The first kappa shape index (κ1) is 25.9. The Hall–Kier alpha value is -3.68. The van der Waals surface area contributed by atoms with Gasteiger partial charge in [0.25, 0.3) is 0 Å². The van der Waals surface area contributed by atoms with E-state index in [1.807, 2.05) is 47.3 Å². The standard InChI is InChI=1S/C30H38N4O4/c1-4-5-6-19-38-28-20-23(11-12-27(28)37-3)33-16-8-15-32(30(33)36)21-22-9-7-10-25-24(22)13-18-34(25)26-14-17-31(2)29(26)35/h7,9-13,18,20,26H,4-6,8,14-17,19,21H2,1-3H3. The fourth-order valence-electron chi connectivity index (χ4n) is 5.58. The summed E-state index contributed by atoms with van der Waals surface area (Å²) in [6, 6.07) is 13.8. The Morgan fingerprint density at radius 3 is 2.63 bits per heavy atom. The van der Waals surface area contributed by atoms with Gasteiger partial charge in [-0.25, -0.2) is 4.79 Å². The normalized spacial score (nSPS) is 18.1. The molecule has 0 N–H and O–H groups in total. The van der Waals surface area contributed by atoms with Gasteiger partial charge in [0, 0.05) is 62.1 Å². The van der Waals surface area contributed by atoms with Gasteiger partial charge in [0.15, 0.2) is 11.5 Å². The summed E-state index contributed by atoms with van der Waals surface area (Å²) in [6.07, 6.45) is 6.94. The summed E-state index contributed by atoms with van der Waals surface area (Å²) in [7, 11) is 3.49. The number of ether oxygens (including phenoxy) is 2. The van der Waals surface area contributed by atoms with Crippen LogP contribution in [-0.2, 0) is 11.3 Å². The monoisotopic (exact) mass is 518 g/mol.